The van der Waals surface area contributed by atoms with Gasteiger partial charge in [0.15, 0.2) is 0 Å². The molecule has 0 N–H and O–H groups in total. The van der Waals surface area contributed by atoms with Crippen LogP contribution < -0.4 is 9.84 Å². The lowest BCUT2D eigenvalue weighted by molar-refractivity contribution is -0.305. The van der Waals surface area contributed by atoms with Crippen molar-refractivity contribution in [1.29, 1.82) is 0 Å². The van der Waals surface area contributed by atoms with E-state index >= 15 is 0 Å². The maximum atomic E-state index is 12.2. The van der Waals surface area contributed by atoms with E-state index < -0.39 is 18.4 Å². The second-order valence-corrected chi connectivity index (χ2v) is 7.66. The standard InChI is InChI=1S/C20H17NO4S2/c1-13-2-4-15(5-3-13)12-25-16-8-6-14(7-9-16)10-17-19(24)21(11-18(22)23)20(26)27-17/h2-10H,11-12H2,1H3,(H,22,23)/p-1/b17-10-. The molecule has 1 fully saturated rings. The van der Waals surface area contributed by atoms with Gasteiger partial charge in [0, 0.05) is 0 Å². The van der Waals surface area contributed by atoms with Crippen LogP contribution in [0, 0.1) is 6.92 Å². The Kier molecular flexibility index (Phi) is 5.93. The highest BCUT2D eigenvalue weighted by Crippen LogP contribution is 2.32. The molecule has 0 spiro atoms. The van der Waals surface area contributed by atoms with Crippen LogP contribution in [0.5, 0.6) is 5.75 Å². The van der Waals surface area contributed by atoms with Crippen molar-refractivity contribution in [2.75, 3.05) is 6.54 Å². The summed E-state index contributed by atoms with van der Waals surface area (Å²) in [5, 5.41) is 10.7. The van der Waals surface area contributed by atoms with E-state index in [2.05, 4.69) is 0 Å². The summed E-state index contributed by atoms with van der Waals surface area (Å²) in [6.45, 7) is 1.98. The molecule has 0 atom stereocenters. The molecular weight excluding hydrogens is 382 g/mol. The number of thiocarbonyl (C=S) groups is 1. The molecule has 1 heterocycles. The SMILES string of the molecule is Cc1ccc(COc2ccc(/C=C3\SC(=S)N(CC(=O)[O-])C3=O)cc2)cc1. The Bertz CT molecular complexity index is 905. The van der Waals surface area contributed by atoms with Gasteiger partial charge in [-0.3, -0.25) is 9.69 Å². The van der Waals surface area contributed by atoms with Gasteiger partial charge in [-0.2, -0.15) is 0 Å². The highest BCUT2D eigenvalue weighted by molar-refractivity contribution is 8.26. The van der Waals surface area contributed by atoms with Crippen molar-refractivity contribution < 1.29 is 19.4 Å². The summed E-state index contributed by atoms with van der Waals surface area (Å²) in [6.07, 6.45) is 1.68. The second kappa shape index (κ2) is 8.37. The zero-order valence-corrected chi connectivity index (χ0v) is 16.1. The molecule has 1 saturated heterocycles. The quantitative estimate of drug-likeness (QED) is 0.550. The molecule has 2 aromatic rings. The van der Waals surface area contributed by atoms with E-state index in [9.17, 15) is 14.7 Å². The summed E-state index contributed by atoms with van der Waals surface area (Å²) in [7, 11) is 0. The number of nitrogens with zero attached hydrogens (tertiary/aromatic N) is 1. The van der Waals surface area contributed by atoms with Crippen LogP contribution in [0.1, 0.15) is 16.7 Å². The molecule has 27 heavy (non-hydrogen) atoms. The third-order valence-corrected chi connectivity index (χ3v) is 5.24. The smallest absolute Gasteiger partial charge is 0.266 e. The number of thioether (sulfide) groups is 1. The van der Waals surface area contributed by atoms with Crippen molar-refractivity contribution in [3.8, 4) is 5.75 Å². The molecule has 0 saturated carbocycles. The van der Waals surface area contributed by atoms with Gasteiger partial charge in [0.25, 0.3) is 5.91 Å². The first-order valence-corrected chi connectivity index (χ1v) is 9.38. The predicted molar refractivity (Wildman–Crippen MR) is 107 cm³/mol. The van der Waals surface area contributed by atoms with Gasteiger partial charge in [-0.05, 0) is 36.3 Å². The third-order valence-electron chi connectivity index (χ3n) is 3.86. The Labute approximate surface area is 166 Å². The molecule has 1 amide bonds. The lowest BCUT2D eigenvalue weighted by Gasteiger charge is -2.14. The van der Waals surface area contributed by atoms with Crippen LogP contribution in [0.2, 0.25) is 0 Å². The number of rotatable bonds is 6. The Hall–Kier alpha value is -2.64. The number of aryl methyl sites for hydroxylation is 1. The predicted octanol–water partition coefficient (Wildman–Crippen LogP) is 2.53. The minimum Gasteiger partial charge on any atom is -0.548 e. The molecule has 1 aliphatic rings. The van der Waals surface area contributed by atoms with Gasteiger partial charge in [0.2, 0.25) is 0 Å². The Morgan fingerprint density at radius 1 is 1.19 bits per heavy atom. The van der Waals surface area contributed by atoms with Gasteiger partial charge in [-0.25, -0.2) is 0 Å². The number of carboxylic acids is 1. The average Bonchev–Trinajstić information content (AvgIpc) is 2.89. The number of hydrogen-bond donors (Lipinski definition) is 0. The maximum Gasteiger partial charge on any atom is 0.266 e. The molecule has 1 aliphatic heterocycles. The first-order chi connectivity index (χ1) is 12.9. The molecule has 0 aliphatic carbocycles. The fraction of sp³-hybridized carbons (Fsp3) is 0.150. The Balaban J connectivity index is 1.64. The van der Waals surface area contributed by atoms with Crippen molar-refractivity contribution in [3.05, 3.63) is 70.1 Å². The average molecular weight is 398 g/mol. The molecule has 2 aromatic carbocycles. The van der Waals surface area contributed by atoms with Crippen LogP contribution in [-0.2, 0) is 16.2 Å². The minimum absolute atomic E-state index is 0.216. The van der Waals surface area contributed by atoms with E-state index in [0.29, 0.717) is 11.5 Å². The van der Waals surface area contributed by atoms with Gasteiger partial charge in [-0.1, -0.05) is 65.9 Å². The molecule has 3 rings (SSSR count). The second-order valence-electron chi connectivity index (χ2n) is 5.98. The zero-order valence-electron chi connectivity index (χ0n) is 14.5. The number of aliphatic carboxylic acids is 1. The number of carbonyl (C=O) groups is 2. The molecule has 7 heteroatoms. The van der Waals surface area contributed by atoms with Crippen molar-refractivity contribution in [1.82, 2.24) is 4.90 Å². The van der Waals surface area contributed by atoms with Crippen LogP contribution in [0.4, 0.5) is 0 Å². The summed E-state index contributed by atoms with van der Waals surface area (Å²) >= 11 is 6.13. The molecular formula is C20H16NO4S2-. The lowest BCUT2D eigenvalue weighted by atomic mass is 10.1. The van der Waals surface area contributed by atoms with Gasteiger partial charge >= 0.3 is 0 Å². The van der Waals surface area contributed by atoms with E-state index in [1.807, 2.05) is 55.5 Å². The van der Waals surface area contributed by atoms with Crippen molar-refractivity contribution in [2.24, 2.45) is 0 Å². The van der Waals surface area contributed by atoms with Crippen LogP contribution in [0.15, 0.2) is 53.4 Å². The van der Waals surface area contributed by atoms with E-state index in [4.69, 9.17) is 17.0 Å². The lowest BCUT2D eigenvalue weighted by Crippen LogP contribution is -2.40. The summed E-state index contributed by atoms with van der Waals surface area (Å²) < 4.78 is 5.98. The van der Waals surface area contributed by atoms with Crippen LogP contribution in [0.3, 0.4) is 0 Å². The van der Waals surface area contributed by atoms with Crippen molar-refractivity contribution in [3.63, 3.8) is 0 Å². The van der Waals surface area contributed by atoms with Crippen molar-refractivity contribution >= 4 is 46.3 Å². The monoisotopic (exact) mass is 398 g/mol. The first kappa shape index (κ1) is 19.1. The maximum absolute atomic E-state index is 12.2. The first-order valence-electron chi connectivity index (χ1n) is 8.16. The topological polar surface area (TPSA) is 69.7 Å². The fourth-order valence-corrected chi connectivity index (χ4v) is 3.68. The zero-order chi connectivity index (χ0) is 19.4. The summed E-state index contributed by atoms with van der Waals surface area (Å²) in [5.41, 5.74) is 3.08. The number of amides is 1. The highest BCUT2D eigenvalue weighted by atomic mass is 32.2. The molecule has 5 nitrogen and oxygen atoms in total. The van der Waals surface area contributed by atoms with Crippen LogP contribution in [0.25, 0.3) is 6.08 Å². The number of carbonyl (C=O) groups excluding carboxylic acids is 2. The highest BCUT2D eigenvalue weighted by Gasteiger charge is 2.31. The third kappa shape index (κ3) is 4.96. The number of hydrogen-bond acceptors (Lipinski definition) is 6. The molecule has 0 bridgehead atoms. The fourth-order valence-electron chi connectivity index (χ4n) is 2.43. The number of carboxylic acid groups (broad SMARTS) is 1. The van der Waals surface area contributed by atoms with Gasteiger partial charge in [0.1, 0.15) is 16.7 Å². The van der Waals surface area contributed by atoms with E-state index in [1.54, 1.807) is 6.08 Å². The van der Waals surface area contributed by atoms with Crippen LogP contribution in [-0.4, -0.2) is 27.6 Å². The molecule has 0 radical (unpaired) electrons. The Morgan fingerprint density at radius 3 is 2.48 bits per heavy atom. The number of benzene rings is 2. The van der Waals surface area contributed by atoms with E-state index in [-0.39, 0.29) is 4.32 Å². The van der Waals surface area contributed by atoms with Gasteiger partial charge < -0.3 is 14.6 Å². The largest absolute Gasteiger partial charge is 0.548 e. The summed E-state index contributed by atoms with van der Waals surface area (Å²) in [4.78, 5) is 24.4. The Morgan fingerprint density at radius 2 is 1.85 bits per heavy atom. The molecule has 0 unspecified atom stereocenters. The van der Waals surface area contributed by atoms with E-state index in [0.717, 1.165) is 33.5 Å². The molecule has 138 valence electrons. The summed E-state index contributed by atoms with van der Waals surface area (Å²) in [5.74, 6) is -1.05. The van der Waals surface area contributed by atoms with Crippen molar-refractivity contribution in [2.45, 2.75) is 13.5 Å². The van der Waals surface area contributed by atoms with Gasteiger partial charge in [-0.15, -0.1) is 0 Å². The van der Waals surface area contributed by atoms with E-state index in [1.165, 1.54) is 5.56 Å². The van der Waals surface area contributed by atoms with Crippen LogP contribution >= 0.6 is 24.0 Å². The van der Waals surface area contributed by atoms with Gasteiger partial charge in [0.05, 0.1) is 17.4 Å². The minimum atomic E-state index is -1.34. The number of ether oxygens (including phenoxy) is 1. The normalized spacial score (nSPS) is 15.4. The summed E-state index contributed by atoms with van der Waals surface area (Å²) in [6, 6.07) is 15.4. The molecule has 0 aromatic heterocycles.